The Bertz CT molecular complexity index is 996. The van der Waals surface area contributed by atoms with Gasteiger partial charge in [-0.15, -0.1) is 0 Å². The second-order valence-corrected chi connectivity index (χ2v) is 11.2. The van der Waals surface area contributed by atoms with Crippen LogP contribution in [0.25, 0.3) is 0 Å². The number of allylic oxidation sites excluding steroid dienone is 1. The van der Waals surface area contributed by atoms with E-state index >= 15 is 0 Å². The van der Waals surface area contributed by atoms with Crippen LogP contribution in [0.2, 0.25) is 0 Å². The smallest absolute Gasteiger partial charge is 0.256 e. The van der Waals surface area contributed by atoms with Crippen LogP contribution in [0.4, 0.5) is 5.69 Å². The number of rotatable bonds is 16. The van der Waals surface area contributed by atoms with Crippen LogP contribution >= 0.6 is 0 Å². The maximum Gasteiger partial charge on any atom is 0.256 e. The summed E-state index contributed by atoms with van der Waals surface area (Å²) in [7, 11) is 0. The van der Waals surface area contributed by atoms with E-state index in [1.54, 1.807) is 23.1 Å². The van der Waals surface area contributed by atoms with Crippen molar-refractivity contribution in [2.24, 2.45) is 0 Å². The first kappa shape index (κ1) is 31.4. The van der Waals surface area contributed by atoms with Crippen LogP contribution in [-0.4, -0.2) is 64.1 Å². The number of anilines is 1. The van der Waals surface area contributed by atoms with Gasteiger partial charge in [-0.1, -0.05) is 36.8 Å². The minimum atomic E-state index is -0.236. The van der Waals surface area contributed by atoms with Crippen molar-refractivity contribution in [1.82, 2.24) is 4.90 Å². The molecule has 2 atom stereocenters. The van der Waals surface area contributed by atoms with E-state index in [2.05, 4.69) is 39.9 Å². The zero-order valence-electron chi connectivity index (χ0n) is 24.3. The van der Waals surface area contributed by atoms with Crippen LogP contribution < -0.4 is 5.32 Å². The van der Waals surface area contributed by atoms with Crippen molar-refractivity contribution >= 4 is 11.6 Å². The van der Waals surface area contributed by atoms with Gasteiger partial charge in [-0.3, -0.25) is 4.79 Å². The van der Waals surface area contributed by atoms with Gasteiger partial charge < -0.3 is 29.9 Å². The molecule has 0 radical (unpaired) electrons. The second kappa shape index (κ2) is 14.4. The Balaban J connectivity index is 2.01. The van der Waals surface area contributed by atoms with Crippen molar-refractivity contribution in [2.45, 2.75) is 97.5 Å². The maximum atomic E-state index is 13.5. The number of carbonyl (C=O) groups is 1. The molecule has 0 aromatic heterocycles. The third-order valence-electron chi connectivity index (χ3n) is 6.85. The molecule has 1 saturated heterocycles. The predicted octanol–water partition coefficient (Wildman–Crippen LogP) is 6.76. The SMILES string of the molecule is CC/C=C\C(C)Nc1c(O)cccc1C(=O)N(C/C=C/O)C/C=C(\C)CCOC(C)(C)CCC1OC1(C)C. The zero-order chi connectivity index (χ0) is 28.3. The molecule has 0 spiro atoms. The molecular formula is C31H48N2O5. The predicted molar refractivity (Wildman–Crippen MR) is 155 cm³/mol. The topological polar surface area (TPSA) is 94.6 Å². The second-order valence-electron chi connectivity index (χ2n) is 11.2. The Morgan fingerprint density at radius 2 is 2.00 bits per heavy atom. The maximum absolute atomic E-state index is 13.5. The van der Waals surface area contributed by atoms with E-state index in [0.29, 0.717) is 30.5 Å². The minimum Gasteiger partial charge on any atom is -0.516 e. The van der Waals surface area contributed by atoms with Gasteiger partial charge in [-0.05, 0) is 85.4 Å². The molecular weight excluding hydrogens is 480 g/mol. The summed E-state index contributed by atoms with van der Waals surface area (Å²) in [5, 5.41) is 23.0. The average Bonchev–Trinajstić information content (AvgIpc) is 3.48. The van der Waals surface area contributed by atoms with Gasteiger partial charge in [-0.2, -0.15) is 0 Å². The third kappa shape index (κ3) is 10.2. The van der Waals surface area contributed by atoms with Gasteiger partial charge in [0.2, 0.25) is 0 Å². The summed E-state index contributed by atoms with van der Waals surface area (Å²) in [5.74, 6) is -0.214. The van der Waals surface area contributed by atoms with Crippen molar-refractivity contribution in [3.63, 3.8) is 0 Å². The summed E-state index contributed by atoms with van der Waals surface area (Å²) in [6.45, 7) is 15.7. The lowest BCUT2D eigenvalue weighted by atomic mass is 9.97. The fourth-order valence-electron chi connectivity index (χ4n) is 4.22. The monoisotopic (exact) mass is 528 g/mol. The molecule has 1 fully saturated rings. The Hall–Kier alpha value is -2.77. The number of amides is 1. The first-order valence-corrected chi connectivity index (χ1v) is 13.7. The quantitative estimate of drug-likeness (QED) is 0.0949. The third-order valence-corrected chi connectivity index (χ3v) is 6.85. The summed E-state index contributed by atoms with van der Waals surface area (Å²) in [6, 6.07) is 4.88. The molecule has 1 heterocycles. The van der Waals surface area contributed by atoms with E-state index in [0.717, 1.165) is 37.5 Å². The van der Waals surface area contributed by atoms with Crippen LogP contribution in [0.1, 0.15) is 84.5 Å². The Labute approximate surface area is 229 Å². The molecule has 7 nitrogen and oxygen atoms in total. The number of hydrogen-bond donors (Lipinski definition) is 3. The van der Waals surface area contributed by atoms with E-state index in [1.807, 2.05) is 32.1 Å². The number of phenolic OH excluding ortho intramolecular Hbond substituents is 1. The van der Waals surface area contributed by atoms with Crippen molar-refractivity contribution in [3.8, 4) is 5.75 Å². The number of nitrogens with one attached hydrogen (secondary N) is 1. The molecule has 38 heavy (non-hydrogen) atoms. The number of aliphatic hydroxyl groups excluding tert-OH is 1. The molecule has 212 valence electrons. The minimum absolute atomic E-state index is 0.00357. The van der Waals surface area contributed by atoms with Crippen molar-refractivity contribution < 1.29 is 24.5 Å². The number of para-hydroxylation sites is 1. The highest BCUT2D eigenvalue weighted by molar-refractivity contribution is 6.01. The summed E-state index contributed by atoms with van der Waals surface area (Å²) in [5.41, 5.74) is 1.68. The fraction of sp³-hybridized carbons (Fsp3) is 0.581. The van der Waals surface area contributed by atoms with E-state index < -0.39 is 0 Å². The molecule has 1 aromatic rings. The van der Waals surface area contributed by atoms with Crippen LogP contribution in [0, 0.1) is 0 Å². The van der Waals surface area contributed by atoms with Gasteiger partial charge in [0.15, 0.2) is 0 Å². The number of carbonyl (C=O) groups excluding carboxylic acids is 1. The van der Waals surface area contributed by atoms with Crippen LogP contribution in [0.5, 0.6) is 5.75 Å². The number of phenols is 1. The van der Waals surface area contributed by atoms with Gasteiger partial charge >= 0.3 is 0 Å². The number of hydrogen-bond acceptors (Lipinski definition) is 6. The number of aromatic hydroxyl groups is 1. The Kier molecular flexibility index (Phi) is 11.9. The molecule has 0 bridgehead atoms. The molecule has 1 amide bonds. The summed E-state index contributed by atoms with van der Waals surface area (Å²) in [6.07, 6.45) is 12.4. The van der Waals surface area contributed by atoms with Gasteiger partial charge in [0.05, 0.1) is 41.4 Å². The molecule has 3 N–H and O–H groups in total. The van der Waals surface area contributed by atoms with E-state index in [1.165, 1.54) is 6.08 Å². The molecule has 0 aliphatic carbocycles. The average molecular weight is 529 g/mol. The molecule has 1 aliphatic rings. The summed E-state index contributed by atoms with van der Waals surface area (Å²) in [4.78, 5) is 15.2. The van der Waals surface area contributed by atoms with E-state index in [9.17, 15) is 15.0 Å². The largest absolute Gasteiger partial charge is 0.516 e. The molecule has 2 rings (SSSR count). The number of nitrogens with zero attached hydrogens (tertiary/aromatic N) is 1. The fourth-order valence-corrected chi connectivity index (χ4v) is 4.22. The van der Waals surface area contributed by atoms with Crippen LogP contribution in [0.3, 0.4) is 0 Å². The lowest BCUT2D eigenvalue weighted by Crippen LogP contribution is -2.32. The van der Waals surface area contributed by atoms with Gasteiger partial charge in [0.1, 0.15) is 5.75 Å². The first-order valence-electron chi connectivity index (χ1n) is 13.7. The van der Waals surface area contributed by atoms with Crippen molar-refractivity contribution in [3.05, 3.63) is 59.9 Å². The molecule has 2 unspecified atom stereocenters. The number of aliphatic hydroxyl groups is 1. The highest BCUT2D eigenvalue weighted by atomic mass is 16.6. The highest BCUT2D eigenvalue weighted by Crippen LogP contribution is 2.39. The lowest BCUT2D eigenvalue weighted by molar-refractivity contribution is -0.0241. The van der Waals surface area contributed by atoms with Crippen molar-refractivity contribution in [2.75, 3.05) is 25.0 Å². The molecule has 0 saturated carbocycles. The molecule has 1 aliphatic heterocycles. The van der Waals surface area contributed by atoms with Crippen molar-refractivity contribution in [1.29, 1.82) is 0 Å². The Morgan fingerprint density at radius 1 is 1.29 bits per heavy atom. The van der Waals surface area contributed by atoms with Crippen LogP contribution in [0.15, 0.2) is 54.3 Å². The molecule has 7 heteroatoms. The number of benzene rings is 1. The summed E-state index contributed by atoms with van der Waals surface area (Å²) >= 11 is 0. The number of ether oxygens (including phenoxy) is 2. The summed E-state index contributed by atoms with van der Waals surface area (Å²) < 4.78 is 11.9. The first-order chi connectivity index (χ1) is 17.9. The molecule has 1 aromatic carbocycles. The van der Waals surface area contributed by atoms with E-state index in [4.69, 9.17) is 9.47 Å². The van der Waals surface area contributed by atoms with Crippen LogP contribution in [-0.2, 0) is 9.47 Å². The Morgan fingerprint density at radius 3 is 2.63 bits per heavy atom. The van der Waals surface area contributed by atoms with E-state index in [-0.39, 0.29) is 35.4 Å². The number of epoxide rings is 1. The van der Waals surface area contributed by atoms with Gasteiger partial charge in [0, 0.05) is 19.1 Å². The zero-order valence-corrected chi connectivity index (χ0v) is 24.3. The normalized spacial score (nSPS) is 18.2. The van der Waals surface area contributed by atoms with Gasteiger partial charge in [0.25, 0.3) is 5.91 Å². The lowest BCUT2D eigenvalue weighted by Gasteiger charge is -2.25. The van der Waals surface area contributed by atoms with Gasteiger partial charge in [-0.25, -0.2) is 0 Å². The highest BCUT2D eigenvalue weighted by Gasteiger charge is 2.47. The standard InChI is InChI=1S/C31H48N2O5/c1-8-9-12-24(3)32-28-25(13-10-14-26(28)35)29(36)33(19-11-21-34)20-16-23(2)17-22-37-30(4,5)18-15-27-31(6,7)38-27/h9-14,16,21,24,27,32,34-35H,8,15,17-20,22H2,1-7H3/b12-9-,21-11+,23-16+.